The molecule has 0 aliphatic rings. The first-order valence-electron chi connectivity index (χ1n) is 3.48. The average Bonchev–Trinajstić information content (AvgIpc) is 1.97. The minimum absolute atomic E-state index is 0.452. The highest BCUT2D eigenvalue weighted by molar-refractivity contribution is 7.99. The zero-order valence-corrected chi connectivity index (χ0v) is 7.08. The van der Waals surface area contributed by atoms with Crippen LogP contribution in [0.5, 0.6) is 0 Å². The van der Waals surface area contributed by atoms with Crippen LogP contribution in [0, 0.1) is 0 Å². The van der Waals surface area contributed by atoms with Gasteiger partial charge in [0.1, 0.15) is 5.94 Å². The molecule has 0 aliphatic heterocycles. The second kappa shape index (κ2) is 8.82. The number of thioether (sulfide) groups is 1. The zero-order chi connectivity index (χ0) is 7.66. The van der Waals surface area contributed by atoms with Crippen LogP contribution in [-0.4, -0.2) is 18.2 Å². The van der Waals surface area contributed by atoms with Crippen LogP contribution in [0.15, 0.2) is 0 Å². The van der Waals surface area contributed by atoms with E-state index >= 15 is 0 Å². The number of hydrogen-bond donors (Lipinski definition) is 0. The summed E-state index contributed by atoms with van der Waals surface area (Å²) in [6, 6.07) is 0. The summed E-state index contributed by atoms with van der Waals surface area (Å²) in [5.74, 6) is 1.53. The van der Waals surface area contributed by atoms with Gasteiger partial charge in [-0.05, 0) is 12.2 Å². The van der Waals surface area contributed by atoms with Gasteiger partial charge in [0.25, 0.3) is 0 Å². The second-order valence-corrected chi connectivity index (χ2v) is 3.01. The van der Waals surface area contributed by atoms with Crippen molar-refractivity contribution >= 4 is 18.2 Å². The number of carbonyl (C=O) groups excluding carboxylic acids is 1. The van der Waals surface area contributed by atoms with Gasteiger partial charge in [-0.15, -0.1) is 11.8 Å². The van der Waals surface area contributed by atoms with Gasteiger partial charge in [-0.25, -0.2) is 4.79 Å². The first-order valence-corrected chi connectivity index (χ1v) is 4.64. The van der Waals surface area contributed by atoms with Crippen molar-refractivity contribution in [2.45, 2.75) is 26.2 Å². The lowest BCUT2D eigenvalue weighted by Gasteiger charge is -1.96. The third kappa shape index (κ3) is 7.82. The Morgan fingerprint density at radius 1 is 1.50 bits per heavy atom. The maximum absolute atomic E-state index is 9.53. The van der Waals surface area contributed by atoms with Gasteiger partial charge in [0, 0.05) is 0 Å². The van der Waals surface area contributed by atoms with Crippen LogP contribution in [0.4, 0.5) is 0 Å². The van der Waals surface area contributed by atoms with E-state index in [-0.39, 0.29) is 0 Å². The molecular weight excluding hydrogens is 148 g/mol. The van der Waals surface area contributed by atoms with Crippen LogP contribution in [0.25, 0.3) is 0 Å². The van der Waals surface area contributed by atoms with Crippen molar-refractivity contribution in [3.63, 3.8) is 0 Å². The summed E-state index contributed by atoms with van der Waals surface area (Å²) in [7, 11) is 0. The van der Waals surface area contributed by atoms with Gasteiger partial charge in [-0.2, -0.15) is 0 Å². The van der Waals surface area contributed by atoms with E-state index in [1.165, 1.54) is 25.7 Å². The second-order valence-electron chi connectivity index (χ2n) is 1.96. The van der Waals surface area contributed by atoms with Crippen molar-refractivity contribution in [1.29, 1.82) is 0 Å². The van der Waals surface area contributed by atoms with Crippen molar-refractivity contribution in [3.8, 4) is 0 Å². The molecule has 0 aromatic heterocycles. The van der Waals surface area contributed by atoms with Gasteiger partial charge < -0.3 is 4.74 Å². The summed E-state index contributed by atoms with van der Waals surface area (Å²) in [5, 5.41) is 0. The number of hydrogen-bond acceptors (Lipinski definition) is 3. The summed E-state index contributed by atoms with van der Waals surface area (Å²) in [4.78, 5) is 9.53. The van der Waals surface area contributed by atoms with Crippen LogP contribution in [-0.2, 0) is 9.53 Å². The summed E-state index contributed by atoms with van der Waals surface area (Å²) >= 11 is 1.63. The summed E-state index contributed by atoms with van der Waals surface area (Å²) in [6.45, 7) is 3.55. The van der Waals surface area contributed by atoms with Crippen molar-refractivity contribution in [2.24, 2.45) is 0 Å². The zero-order valence-electron chi connectivity index (χ0n) is 6.26. The summed E-state index contributed by atoms with van der Waals surface area (Å²) < 4.78 is 4.37. The Morgan fingerprint density at radius 2 is 2.30 bits per heavy atom. The van der Waals surface area contributed by atoms with Gasteiger partial charge >= 0.3 is 6.47 Å². The largest absolute Gasteiger partial charge is 0.446 e. The molecule has 0 amide bonds. The lowest BCUT2D eigenvalue weighted by Crippen LogP contribution is -1.87. The Labute approximate surface area is 66.3 Å². The standard InChI is InChI=1S/C7H13O2S/c1-2-3-4-5-10-7-9-6-8/h2-5,7H2,1H3. The molecule has 0 saturated heterocycles. The molecule has 3 heteroatoms. The van der Waals surface area contributed by atoms with Crippen molar-refractivity contribution in [1.82, 2.24) is 0 Å². The van der Waals surface area contributed by atoms with Gasteiger partial charge in [-0.1, -0.05) is 19.8 Å². The first-order chi connectivity index (χ1) is 4.91. The Balaban J connectivity index is 2.70. The Kier molecular flexibility index (Phi) is 8.66. The number of rotatable bonds is 7. The van der Waals surface area contributed by atoms with Crippen molar-refractivity contribution in [3.05, 3.63) is 0 Å². The number of unbranched alkanes of at least 4 members (excludes halogenated alkanes) is 2. The molecule has 0 spiro atoms. The highest BCUT2D eigenvalue weighted by atomic mass is 32.2. The van der Waals surface area contributed by atoms with E-state index in [2.05, 4.69) is 11.7 Å². The molecule has 0 saturated carbocycles. The fourth-order valence-electron chi connectivity index (χ4n) is 0.579. The third-order valence-corrected chi connectivity index (χ3v) is 1.96. The maximum atomic E-state index is 9.53. The maximum Gasteiger partial charge on any atom is 0.418 e. The Bertz CT molecular complexity index is 76.0. The molecule has 2 nitrogen and oxygen atoms in total. The van der Waals surface area contributed by atoms with E-state index in [1.807, 2.05) is 0 Å². The molecule has 0 aromatic rings. The van der Waals surface area contributed by atoms with Crippen molar-refractivity contribution in [2.75, 3.05) is 11.7 Å². The van der Waals surface area contributed by atoms with Crippen LogP contribution in [0.2, 0.25) is 0 Å². The summed E-state index contributed by atoms with van der Waals surface area (Å²) in [6.07, 6.45) is 3.71. The Hall–Kier alpha value is -0.180. The fourth-order valence-corrected chi connectivity index (χ4v) is 1.24. The van der Waals surface area contributed by atoms with E-state index in [0.29, 0.717) is 5.94 Å². The van der Waals surface area contributed by atoms with E-state index in [0.717, 1.165) is 5.75 Å². The van der Waals surface area contributed by atoms with E-state index in [1.54, 1.807) is 11.8 Å². The quantitative estimate of drug-likeness (QED) is 0.421. The highest BCUT2D eigenvalue weighted by Crippen LogP contribution is 2.05. The fraction of sp³-hybridized carbons (Fsp3) is 0.857. The molecule has 0 unspecified atom stereocenters. The lowest BCUT2D eigenvalue weighted by atomic mass is 10.3. The summed E-state index contributed by atoms with van der Waals surface area (Å²) in [5.41, 5.74) is 0. The Morgan fingerprint density at radius 3 is 2.90 bits per heavy atom. The average molecular weight is 161 g/mol. The monoisotopic (exact) mass is 161 g/mol. The predicted octanol–water partition coefficient (Wildman–Crippen LogP) is 1.95. The molecule has 1 radical (unpaired) electrons. The van der Waals surface area contributed by atoms with Gasteiger partial charge in [0.15, 0.2) is 0 Å². The molecule has 0 N–H and O–H groups in total. The topological polar surface area (TPSA) is 26.3 Å². The molecular formula is C7H13O2S. The molecule has 10 heavy (non-hydrogen) atoms. The lowest BCUT2D eigenvalue weighted by molar-refractivity contribution is 0.337. The molecule has 0 fully saturated rings. The highest BCUT2D eigenvalue weighted by Gasteiger charge is 1.87. The number of ether oxygens (including phenoxy) is 1. The smallest absolute Gasteiger partial charge is 0.418 e. The predicted molar refractivity (Wildman–Crippen MR) is 43.6 cm³/mol. The molecule has 0 atom stereocenters. The molecule has 0 rings (SSSR count). The van der Waals surface area contributed by atoms with Crippen LogP contribution < -0.4 is 0 Å². The molecule has 0 heterocycles. The molecule has 0 aliphatic carbocycles. The van der Waals surface area contributed by atoms with Gasteiger partial charge in [-0.3, -0.25) is 0 Å². The molecule has 59 valence electrons. The first kappa shape index (κ1) is 9.82. The van der Waals surface area contributed by atoms with Gasteiger partial charge in [0.05, 0.1) is 0 Å². The van der Waals surface area contributed by atoms with Gasteiger partial charge in [0.2, 0.25) is 0 Å². The van der Waals surface area contributed by atoms with Crippen molar-refractivity contribution < 1.29 is 9.53 Å². The molecule has 0 bridgehead atoms. The molecule has 0 aromatic carbocycles. The van der Waals surface area contributed by atoms with E-state index < -0.39 is 0 Å². The third-order valence-electron chi connectivity index (χ3n) is 1.09. The van der Waals surface area contributed by atoms with Crippen LogP contribution in [0.1, 0.15) is 26.2 Å². The van der Waals surface area contributed by atoms with E-state index in [4.69, 9.17) is 0 Å². The SMILES string of the molecule is CCCCCSCO[C]=O. The van der Waals surface area contributed by atoms with Crippen LogP contribution >= 0.6 is 11.8 Å². The minimum atomic E-state index is 0.452. The normalized spacial score (nSPS) is 9.30. The van der Waals surface area contributed by atoms with E-state index in [9.17, 15) is 4.79 Å². The minimum Gasteiger partial charge on any atom is -0.446 e. The van der Waals surface area contributed by atoms with Crippen LogP contribution in [0.3, 0.4) is 0 Å².